The summed E-state index contributed by atoms with van der Waals surface area (Å²) in [7, 11) is 2.12. The van der Waals surface area contributed by atoms with E-state index < -0.39 is 0 Å². The third-order valence-corrected chi connectivity index (χ3v) is 6.01. The summed E-state index contributed by atoms with van der Waals surface area (Å²) in [6.45, 7) is 6.73. The van der Waals surface area contributed by atoms with Crippen LogP contribution in [-0.4, -0.2) is 88.4 Å². The number of nitriles is 1. The first-order chi connectivity index (χ1) is 16.0. The first-order valence-corrected chi connectivity index (χ1v) is 11.4. The van der Waals surface area contributed by atoms with Gasteiger partial charge >= 0.3 is 0 Å². The highest BCUT2D eigenvalue weighted by Gasteiger charge is 2.23. The quantitative estimate of drug-likeness (QED) is 0.573. The molecule has 2 aliphatic rings. The van der Waals surface area contributed by atoms with Gasteiger partial charge in [-0.3, -0.25) is 9.48 Å². The van der Waals surface area contributed by atoms with Gasteiger partial charge in [0.25, 0.3) is 0 Å². The summed E-state index contributed by atoms with van der Waals surface area (Å²) in [6, 6.07) is 2.50. The molecule has 2 fully saturated rings. The molecule has 0 spiro atoms. The Labute approximate surface area is 193 Å². The van der Waals surface area contributed by atoms with E-state index in [1.807, 2.05) is 22.7 Å². The normalized spacial score (nSPS) is 19.4. The summed E-state index contributed by atoms with van der Waals surface area (Å²) in [5.41, 5.74) is 2.10. The number of likely N-dealkylation sites (tertiary alicyclic amines) is 1. The molecule has 2 N–H and O–H groups in total. The first-order valence-electron chi connectivity index (χ1n) is 11.4. The van der Waals surface area contributed by atoms with Gasteiger partial charge in [-0.05, 0) is 39.8 Å². The van der Waals surface area contributed by atoms with Crippen molar-refractivity contribution < 1.29 is 9.53 Å². The average molecular weight is 454 g/mol. The van der Waals surface area contributed by atoms with Crippen LogP contribution in [0.15, 0.2) is 12.4 Å². The number of aromatic nitrogens is 4. The minimum atomic E-state index is 0.0268. The van der Waals surface area contributed by atoms with E-state index in [4.69, 9.17) is 4.74 Å². The monoisotopic (exact) mass is 453 g/mol. The van der Waals surface area contributed by atoms with Crippen molar-refractivity contribution in [3.8, 4) is 6.07 Å². The van der Waals surface area contributed by atoms with Gasteiger partial charge < -0.3 is 25.2 Å². The molecule has 1 unspecified atom stereocenters. The van der Waals surface area contributed by atoms with Crippen molar-refractivity contribution in [2.45, 2.75) is 32.2 Å². The zero-order valence-electron chi connectivity index (χ0n) is 19.3. The van der Waals surface area contributed by atoms with Gasteiger partial charge in [-0.1, -0.05) is 0 Å². The van der Waals surface area contributed by atoms with E-state index in [0.717, 1.165) is 43.7 Å². The molecule has 1 amide bonds. The highest BCUT2D eigenvalue weighted by molar-refractivity contribution is 5.77. The maximum Gasteiger partial charge on any atom is 0.248 e. The van der Waals surface area contributed by atoms with E-state index in [2.05, 4.69) is 43.7 Å². The van der Waals surface area contributed by atoms with Crippen molar-refractivity contribution in [3.63, 3.8) is 0 Å². The van der Waals surface area contributed by atoms with E-state index in [-0.39, 0.29) is 12.5 Å². The highest BCUT2D eigenvalue weighted by Crippen LogP contribution is 2.25. The molecule has 0 aromatic carbocycles. The van der Waals surface area contributed by atoms with Crippen LogP contribution in [0.5, 0.6) is 0 Å². The van der Waals surface area contributed by atoms with E-state index in [1.54, 1.807) is 0 Å². The van der Waals surface area contributed by atoms with Crippen LogP contribution in [-0.2, 0) is 9.53 Å². The Morgan fingerprint density at radius 1 is 1.36 bits per heavy atom. The Morgan fingerprint density at radius 3 is 3.03 bits per heavy atom. The van der Waals surface area contributed by atoms with Crippen molar-refractivity contribution in [1.29, 1.82) is 5.26 Å². The van der Waals surface area contributed by atoms with Crippen LogP contribution in [0, 0.1) is 18.3 Å². The summed E-state index contributed by atoms with van der Waals surface area (Å²) < 4.78 is 7.29. The van der Waals surface area contributed by atoms with Gasteiger partial charge in [0.2, 0.25) is 11.9 Å². The Hall–Kier alpha value is -3.23. The number of likely N-dealkylation sites (N-methyl/N-ethyl adjacent to an activating group) is 1. The molecule has 33 heavy (non-hydrogen) atoms. The third kappa shape index (κ3) is 5.77. The molecular weight excluding hydrogens is 422 g/mol. The topological polar surface area (TPSA) is 124 Å². The molecule has 0 aliphatic carbocycles. The van der Waals surface area contributed by atoms with Gasteiger partial charge in [0.05, 0.1) is 23.6 Å². The van der Waals surface area contributed by atoms with Crippen molar-refractivity contribution in [2.75, 3.05) is 63.6 Å². The fourth-order valence-electron chi connectivity index (χ4n) is 4.14. The number of carbonyl (C=O) groups is 1. The molecule has 2 aromatic rings. The SMILES string of the molecule is Cc1nn(C2CCN(C)C2)cc1Nc1ncc(C#N)c(NCCCN2CCCOCC2=O)n1. The number of nitrogens with one attached hydrogen (secondary N) is 2. The molecule has 176 valence electrons. The molecule has 4 heterocycles. The highest BCUT2D eigenvalue weighted by atomic mass is 16.5. The van der Waals surface area contributed by atoms with Crippen LogP contribution >= 0.6 is 0 Å². The van der Waals surface area contributed by atoms with Crippen molar-refractivity contribution in [1.82, 2.24) is 29.5 Å². The Balaban J connectivity index is 1.36. The van der Waals surface area contributed by atoms with Crippen LogP contribution < -0.4 is 10.6 Å². The Bertz CT molecular complexity index is 1020. The van der Waals surface area contributed by atoms with Gasteiger partial charge in [-0.2, -0.15) is 15.3 Å². The summed E-state index contributed by atoms with van der Waals surface area (Å²) >= 11 is 0. The zero-order chi connectivity index (χ0) is 23.2. The van der Waals surface area contributed by atoms with Gasteiger partial charge in [0, 0.05) is 39.0 Å². The lowest BCUT2D eigenvalue weighted by atomic mass is 10.3. The van der Waals surface area contributed by atoms with E-state index in [9.17, 15) is 10.1 Å². The summed E-state index contributed by atoms with van der Waals surface area (Å²) in [5.74, 6) is 0.907. The number of nitrogens with zero attached hydrogens (tertiary/aromatic N) is 7. The van der Waals surface area contributed by atoms with Crippen LogP contribution in [0.2, 0.25) is 0 Å². The van der Waals surface area contributed by atoms with Crippen molar-refractivity contribution in [2.24, 2.45) is 0 Å². The van der Waals surface area contributed by atoms with Gasteiger partial charge in [-0.25, -0.2) is 4.98 Å². The largest absolute Gasteiger partial charge is 0.372 e. The number of aryl methyl sites for hydroxylation is 1. The minimum Gasteiger partial charge on any atom is -0.372 e. The van der Waals surface area contributed by atoms with E-state index >= 15 is 0 Å². The second kappa shape index (κ2) is 10.6. The Morgan fingerprint density at radius 2 is 2.24 bits per heavy atom. The number of hydrogen-bond donors (Lipinski definition) is 2. The molecule has 0 saturated carbocycles. The molecule has 0 bridgehead atoms. The fraction of sp³-hybridized carbons (Fsp3) is 0.591. The average Bonchev–Trinajstić information content (AvgIpc) is 3.33. The third-order valence-electron chi connectivity index (χ3n) is 6.01. The lowest BCUT2D eigenvalue weighted by molar-refractivity contribution is -0.133. The van der Waals surface area contributed by atoms with Gasteiger partial charge in [0.15, 0.2) is 0 Å². The van der Waals surface area contributed by atoms with E-state index in [0.29, 0.717) is 49.6 Å². The van der Waals surface area contributed by atoms with Crippen molar-refractivity contribution >= 4 is 23.4 Å². The number of ether oxygens (including phenoxy) is 1. The molecule has 2 aromatic heterocycles. The molecule has 4 rings (SSSR count). The number of amides is 1. The lowest BCUT2D eigenvalue weighted by Gasteiger charge is -2.19. The zero-order valence-corrected chi connectivity index (χ0v) is 19.3. The van der Waals surface area contributed by atoms with Crippen LogP contribution in [0.4, 0.5) is 17.5 Å². The molecule has 2 aliphatic heterocycles. The molecule has 1 atom stereocenters. The van der Waals surface area contributed by atoms with Gasteiger partial charge in [-0.15, -0.1) is 0 Å². The first kappa shape index (κ1) is 22.9. The molecule has 0 radical (unpaired) electrons. The lowest BCUT2D eigenvalue weighted by Crippen LogP contribution is -2.34. The smallest absolute Gasteiger partial charge is 0.248 e. The number of anilines is 3. The molecular formula is C22H31N9O2. The summed E-state index contributed by atoms with van der Waals surface area (Å²) in [6.07, 6.45) is 6.18. The second-order valence-electron chi connectivity index (χ2n) is 8.57. The second-order valence-corrected chi connectivity index (χ2v) is 8.57. The minimum absolute atomic E-state index is 0.0268. The molecule has 11 nitrogen and oxygen atoms in total. The Kier molecular flexibility index (Phi) is 7.36. The maximum atomic E-state index is 12.0. The predicted molar refractivity (Wildman–Crippen MR) is 123 cm³/mol. The van der Waals surface area contributed by atoms with Crippen LogP contribution in [0.1, 0.15) is 36.6 Å². The van der Waals surface area contributed by atoms with E-state index in [1.165, 1.54) is 6.20 Å². The van der Waals surface area contributed by atoms with Gasteiger partial charge in [0.1, 0.15) is 24.1 Å². The number of hydrogen-bond acceptors (Lipinski definition) is 9. The van der Waals surface area contributed by atoms with Crippen LogP contribution in [0.25, 0.3) is 0 Å². The fourth-order valence-corrected chi connectivity index (χ4v) is 4.14. The summed E-state index contributed by atoms with van der Waals surface area (Å²) in [5, 5.41) is 20.6. The van der Waals surface area contributed by atoms with Crippen LogP contribution in [0.3, 0.4) is 0 Å². The maximum absolute atomic E-state index is 12.0. The summed E-state index contributed by atoms with van der Waals surface area (Å²) in [4.78, 5) is 25.0. The number of carbonyl (C=O) groups excluding carboxylic acids is 1. The molecule has 2 saturated heterocycles. The number of rotatable bonds is 8. The standard InChI is InChI=1S/C22H31N9O2/c1-16-19(14-31(28-16)18-5-9-29(2)13-18)26-22-25-12-17(11-23)21(27-22)24-6-3-7-30-8-4-10-33-15-20(30)32/h12,14,18H,3-10,13,15H2,1-2H3,(H2,24,25,26,27). The predicted octanol–water partition coefficient (Wildman–Crippen LogP) is 1.52. The molecule has 11 heteroatoms. The van der Waals surface area contributed by atoms with Crippen molar-refractivity contribution in [3.05, 3.63) is 23.7 Å².